The summed E-state index contributed by atoms with van der Waals surface area (Å²) in [4.78, 5) is 118. The van der Waals surface area contributed by atoms with Crippen LogP contribution in [-0.4, -0.2) is 137 Å². The van der Waals surface area contributed by atoms with Crippen molar-refractivity contribution in [2.45, 2.75) is 123 Å². The zero-order valence-corrected chi connectivity index (χ0v) is 40.9. The molecule has 376 valence electrons. The van der Waals surface area contributed by atoms with Crippen molar-refractivity contribution >= 4 is 59.2 Å². The van der Waals surface area contributed by atoms with Gasteiger partial charge in [0.15, 0.2) is 5.78 Å². The number of likely N-dealkylation sites (N-methyl/N-ethyl adjacent to an activating group) is 2. The molecule has 3 aliphatic carbocycles. The fourth-order valence-electron chi connectivity index (χ4n) is 8.98. The van der Waals surface area contributed by atoms with Crippen molar-refractivity contribution in [3.05, 3.63) is 64.8 Å². The lowest BCUT2D eigenvalue weighted by molar-refractivity contribution is -0.138. The molecule has 69 heavy (non-hydrogen) atoms. The number of anilines is 1. The van der Waals surface area contributed by atoms with Crippen LogP contribution in [0.3, 0.4) is 0 Å². The number of benzene rings is 1. The summed E-state index contributed by atoms with van der Waals surface area (Å²) in [5, 5.41) is 22.0. The summed E-state index contributed by atoms with van der Waals surface area (Å²) in [5.41, 5.74) is 5.25. The first-order valence-corrected chi connectivity index (χ1v) is 23.5. The summed E-state index contributed by atoms with van der Waals surface area (Å²) in [5.74, 6) is -2.92. The van der Waals surface area contributed by atoms with E-state index in [2.05, 4.69) is 21.3 Å². The van der Waals surface area contributed by atoms with Gasteiger partial charge in [0.1, 0.15) is 30.4 Å². The average Bonchev–Trinajstić information content (AvgIpc) is 3.99. The molecule has 20 nitrogen and oxygen atoms in total. The Labute approximate surface area is 402 Å². The van der Waals surface area contributed by atoms with E-state index in [1.807, 2.05) is 20.8 Å². The molecule has 7 N–H and O–H groups in total. The number of ether oxygens (including phenoxy) is 2. The second kappa shape index (κ2) is 22.2. The topological polar surface area (TPSA) is 276 Å². The third kappa shape index (κ3) is 12.8. The third-order valence-electron chi connectivity index (χ3n) is 13.5. The number of rotatable bonds is 22. The first-order chi connectivity index (χ1) is 32.4. The summed E-state index contributed by atoms with van der Waals surface area (Å²) in [6.07, 6.45) is 5.66. The van der Waals surface area contributed by atoms with Crippen molar-refractivity contribution in [3.8, 4) is 0 Å². The van der Waals surface area contributed by atoms with E-state index in [-0.39, 0.29) is 81.5 Å². The van der Waals surface area contributed by atoms with Crippen LogP contribution in [0.4, 0.5) is 20.1 Å². The Morgan fingerprint density at radius 2 is 1.49 bits per heavy atom. The molecule has 4 atom stereocenters. The standard InChI is InChI=1S/C49H68N8O12/c1-29(2)39(54-35(58)14-10-9-11-24-57-36(59)19-20-37(57)60)43(63)53-34(13-12-23-51-44(50)64)42(62)52-32-17-15-31(16-18-32)28-68-45(65)55(7)25-26-56(8)46(66)69-41-38-30(3)49(21-22-49)48(6,67)40(61)33(38)27-47(41,4)5/h15-20,27,29,34,39,41,67H,9-14,21-26,28H2,1-8H3,(H,52,62)(H,53,63)(H,54,58)(H3,50,51,64)/t34-,39-,41?,48-/m0/s1. The van der Waals surface area contributed by atoms with Gasteiger partial charge in [-0.1, -0.05) is 57.9 Å². The summed E-state index contributed by atoms with van der Waals surface area (Å²) >= 11 is 0. The summed E-state index contributed by atoms with van der Waals surface area (Å²) in [6, 6.07) is 3.74. The molecule has 9 amide bonds. The number of amides is 9. The minimum absolute atomic E-state index is 0.102. The molecule has 1 saturated carbocycles. The van der Waals surface area contributed by atoms with Crippen LogP contribution in [0.5, 0.6) is 0 Å². The van der Waals surface area contributed by atoms with E-state index < -0.39 is 64.7 Å². The van der Waals surface area contributed by atoms with Gasteiger partial charge in [-0.15, -0.1) is 0 Å². The number of imide groups is 1. The lowest BCUT2D eigenvalue weighted by Crippen LogP contribution is -2.54. The number of hydrogen-bond donors (Lipinski definition) is 6. The molecular weight excluding hydrogens is 893 g/mol. The molecule has 1 aromatic carbocycles. The van der Waals surface area contributed by atoms with Gasteiger partial charge < -0.3 is 51.4 Å². The van der Waals surface area contributed by atoms with Crippen LogP contribution in [0.25, 0.3) is 0 Å². The van der Waals surface area contributed by atoms with Crippen LogP contribution >= 0.6 is 0 Å². The molecule has 1 aliphatic heterocycles. The Bertz CT molecular complexity index is 2260. The van der Waals surface area contributed by atoms with Gasteiger partial charge in [-0.05, 0) is 76.0 Å². The number of carbonyl (C=O) groups is 9. The quantitative estimate of drug-likeness (QED) is 0.0719. The van der Waals surface area contributed by atoms with Crippen LogP contribution < -0.4 is 27.0 Å². The average molecular weight is 961 g/mol. The van der Waals surface area contributed by atoms with Gasteiger partial charge in [-0.2, -0.15) is 0 Å². The van der Waals surface area contributed by atoms with Crippen LogP contribution in [0.1, 0.15) is 98.5 Å². The van der Waals surface area contributed by atoms with Crippen molar-refractivity contribution in [1.82, 2.24) is 30.7 Å². The first-order valence-electron chi connectivity index (χ1n) is 23.5. The van der Waals surface area contributed by atoms with Crippen LogP contribution in [0, 0.1) is 16.7 Å². The Kier molecular flexibility index (Phi) is 17.2. The fourth-order valence-corrected chi connectivity index (χ4v) is 8.98. The number of ketones is 1. The van der Waals surface area contributed by atoms with E-state index in [1.165, 1.54) is 29.0 Å². The molecule has 5 rings (SSSR count). The molecule has 0 saturated heterocycles. The number of nitrogens with two attached hydrogens (primary N) is 1. The number of aliphatic hydroxyl groups is 1. The fraction of sp³-hybridized carbons (Fsp3) is 0.571. The highest BCUT2D eigenvalue weighted by Crippen LogP contribution is 2.65. The number of unbranched alkanes of at least 4 members (excludes halogenated alkanes) is 2. The van der Waals surface area contributed by atoms with Crippen molar-refractivity contribution in [2.75, 3.05) is 45.6 Å². The van der Waals surface area contributed by atoms with E-state index in [0.717, 1.165) is 10.5 Å². The second-order valence-electron chi connectivity index (χ2n) is 19.5. The molecule has 0 aromatic heterocycles. The number of nitrogens with zero attached hydrogens (tertiary/aromatic N) is 3. The zero-order valence-electron chi connectivity index (χ0n) is 40.9. The predicted octanol–water partition coefficient (Wildman–Crippen LogP) is 3.59. The van der Waals surface area contributed by atoms with Crippen molar-refractivity contribution in [2.24, 2.45) is 22.5 Å². The molecule has 1 aromatic rings. The Balaban J connectivity index is 1.08. The minimum atomic E-state index is -1.52. The van der Waals surface area contributed by atoms with E-state index >= 15 is 0 Å². The number of urea groups is 1. The van der Waals surface area contributed by atoms with Crippen molar-refractivity contribution in [1.29, 1.82) is 0 Å². The maximum Gasteiger partial charge on any atom is 0.410 e. The van der Waals surface area contributed by atoms with E-state index in [1.54, 1.807) is 58.2 Å². The van der Waals surface area contributed by atoms with Crippen molar-refractivity contribution < 1.29 is 57.7 Å². The Hall–Kier alpha value is -6.57. The third-order valence-corrected chi connectivity index (χ3v) is 13.5. The second-order valence-corrected chi connectivity index (χ2v) is 19.5. The molecule has 4 aliphatic rings. The predicted molar refractivity (Wildman–Crippen MR) is 252 cm³/mol. The molecule has 1 spiro atoms. The number of carbonyl (C=O) groups excluding carboxylic acids is 9. The number of nitrogens with one attached hydrogen (secondary N) is 4. The molecular formula is C49H68N8O12. The lowest BCUT2D eigenvalue weighted by atomic mass is 9.67. The van der Waals surface area contributed by atoms with E-state index in [4.69, 9.17) is 15.2 Å². The monoisotopic (exact) mass is 960 g/mol. The van der Waals surface area contributed by atoms with Gasteiger partial charge in [0.25, 0.3) is 11.8 Å². The first kappa shape index (κ1) is 53.4. The largest absolute Gasteiger partial charge is 0.445 e. The summed E-state index contributed by atoms with van der Waals surface area (Å²) in [6.45, 7) is 11.3. The zero-order chi connectivity index (χ0) is 51.0. The Morgan fingerprint density at radius 3 is 2.09 bits per heavy atom. The molecule has 1 unspecified atom stereocenters. The summed E-state index contributed by atoms with van der Waals surface area (Å²) < 4.78 is 11.5. The van der Waals surface area contributed by atoms with Gasteiger partial charge in [-0.25, -0.2) is 14.4 Å². The van der Waals surface area contributed by atoms with E-state index in [9.17, 15) is 48.3 Å². The van der Waals surface area contributed by atoms with Gasteiger partial charge >= 0.3 is 18.2 Å². The normalized spacial score (nSPS) is 20.5. The number of Topliss-reactive ketones (excluding diaryl/α,β-unsaturated/α-hetero) is 1. The number of hydrogen-bond acceptors (Lipinski definition) is 12. The SMILES string of the molecule is CC1=C2C(=CC(C)(C)C2OC(=O)N(C)CCN(C)C(=O)OCc2ccc(NC(=O)[C@H](CCCNC(N)=O)NC(=O)[C@@H](NC(=O)CCCCCN3C(=O)C=CC3=O)C(C)C)cc2)C(=O)[C@](C)(O)C12CC2. The molecule has 20 heteroatoms. The smallest absolute Gasteiger partial charge is 0.410 e. The van der Waals surface area contributed by atoms with Crippen LogP contribution in [-0.2, 0) is 44.8 Å². The number of primary amides is 1. The maximum absolute atomic E-state index is 13.6. The van der Waals surface area contributed by atoms with Gasteiger partial charge in [-0.3, -0.25) is 33.7 Å². The van der Waals surface area contributed by atoms with Crippen molar-refractivity contribution in [3.63, 3.8) is 0 Å². The highest BCUT2D eigenvalue weighted by atomic mass is 16.6. The van der Waals surface area contributed by atoms with Crippen LogP contribution in [0.15, 0.2) is 59.2 Å². The van der Waals surface area contributed by atoms with Gasteiger partial charge in [0, 0.05) is 86.5 Å². The lowest BCUT2D eigenvalue weighted by Gasteiger charge is -2.40. The molecule has 1 fully saturated rings. The van der Waals surface area contributed by atoms with Gasteiger partial charge in [0.2, 0.25) is 17.7 Å². The van der Waals surface area contributed by atoms with Crippen LogP contribution in [0.2, 0.25) is 0 Å². The summed E-state index contributed by atoms with van der Waals surface area (Å²) in [7, 11) is 3.08. The molecule has 0 radical (unpaired) electrons. The maximum atomic E-state index is 13.6. The molecule has 0 bridgehead atoms. The highest BCUT2D eigenvalue weighted by Gasteiger charge is 2.67. The highest BCUT2D eigenvalue weighted by molar-refractivity contribution is 6.13. The minimum Gasteiger partial charge on any atom is -0.445 e. The Morgan fingerprint density at radius 1 is 0.870 bits per heavy atom. The van der Waals surface area contributed by atoms with Gasteiger partial charge in [0.05, 0.1) is 0 Å². The number of fused-ring (bicyclic) bond motifs is 1. The van der Waals surface area contributed by atoms with E-state index in [0.29, 0.717) is 54.5 Å². The molecule has 1 heterocycles.